The maximum absolute atomic E-state index is 14.2. The predicted octanol–water partition coefficient (Wildman–Crippen LogP) is 3.09. The number of rotatable bonds is 4. The first kappa shape index (κ1) is 23.2. The maximum atomic E-state index is 14.2. The smallest absolute Gasteiger partial charge is 0.264 e. The van der Waals surface area contributed by atoms with Crippen molar-refractivity contribution >= 4 is 38.0 Å². The number of pyridine rings is 1. The second-order valence-electron chi connectivity index (χ2n) is 8.10. The number of carbonyl (C=O) groups is 1. The van der Waals surface area contributed by atoms with Gasteiger partial charge in [-0.2, -0.15) is 0 Å². The van der Waals surface area contributed by atoms with Crippen LogP contribution in [-0.4, -0.2) is 24.0 Å². The molecule has 0 fully saturated rings. The van der Waals surface area contributed by atoms with E-state index < -0.39 is 54.9 Å². The van der Waals surface area contributed by atoms with Crippen LogP contribution in [-0.2, 0) is 21.2 Å². The molecule has 0 bridgehead atoms. The molecule has 8 nitrogen and oxygen atoms in total. The molecule has 0 unspecified atom stereocenters. The van der Waals surface area contributed by atoms with Crippen LogP contribution in [0.15, 0.2) is 81.3 Å². The molecule has 1 aliphatic heterocycles. The lowest BCUT2D eigenvalue weighted by atomic mass is 10.1. The molecule has 11 heteroatoms. The van der Waals surface area contributed by atoms with Crippen molar-refractivity contribution in [2.24, 2.45) is 5.73 Å². The van der Waals surface area contributed by atoms with Crippen molar-refractivity contribution < 1.29 is 27.1 Å². The van der Waals surface area contributed by atoms with Crippen molar-refractivity contribution in [1.29, 1.82) is 0 Å². The highest BCUT2D eigenvalue weighted by molar-refractivity contribution is 7.96. The van der Waals surface area contributed by atoms with Crippen molar-refractivity contribution in [3.8, 4) is 5.75 Å². The van der Waals surface area contributed by atoms with Gasteiger partial charge in [0.25, 0.3) is 11.5 Å². The summed E-state index contributed by atoms with van der Waals surface area (Å²) in [4.78, 5) is 25.0. The first-order valence-electron chi connectivity index (χ1n) is 10.5. The second kappa shape index (κ2) is 8.31. The Morgan fingerprint density at radius 1 is 1.00 bits per heavy atom. The minimum atomic E-state index is -4.48. The monoisotopic (exact) mass is 509 g/mol. The molecule has 0 atom stereocenters. The molecule has 0 aliphatic carbocycles. The third-order valence-corrected chi connectivity index (χ3v) is 7.74. The lowest BCUT2D eigenvalue weighted by molar-refractivity contribution is -0.113. The number of nitrogens with zero attached hydrogens (tertiary/aromatic N) is 1. The largest absolute Gasteiger partial charge is 0.506 e. The van der Waals surface area contributed by atoms with E-state index in [-0.39, 0.29) is 28.0 Å². The van der Waals surface area contributed by atoms with E-state index in [1.54, 1.807) is 0 Å². The van der Waals surface area contributed by atoms with Crippen molar-refractivity contribution in [3.63, 3.8) is 0 Å². The van der Waals surface area contributed by atoms with Gasteiger partial charge in [0.05, 0.1) is 28.3 Å². The van der Waals surface area contributed by atoms with Gasteiger partial charge in [-0.15, -0.1) is 0 Å². The lowest BCUT2D eigenvalue weighted by Crippen LogP contribution is -2.32. The van der Waals surface area contributed by atoms with Crippen LogP contribution in [0.5, 0.6) is 5.75 Å². The minimum absolute atomic E-state index is 0.0562. The van der Waals surface area contributed by atoms with Crippen LogP contribution >= 0.6 is 0 Å². The van der Waals surface area contributed by atoms with E-state index in [9.17, 15) is 31.9 Å². The van der Waals surface area contributed by atoms with E-state index >= 15 is 0 Å². The number of halogens is 2. The van der Waals surface area contributed by atoms with Gasteiger partial charge in [-0.3, -0.25) is 9.59 Å². The Balaban J connectivity index is 1.87. The van der Waals surface area contributed by atoms with Crippen LogP contribution in [0.4, 0.5) is 14.5 Å². The first-order chi connectivity index (χ1) is 17.1. The van der Waals surface area contributed by atoms with Crippen LogP contribution in [0.2, 0.25) is 0 Å². The minimum Gasteiger partial charge on any atom is -0.506 e. The summed E-state index contributed by atoms with van der Waals surface area (Å²) in [6.07, 6.45) is 0. The number of aromatic nitrogens is 1. The lowest BCUT2D eigenvalue weighted by Gasteiger charge is -2.24. The van der Waals surface area contributed by atoms with Gasteiger partial charge in [-0.1, -0.05) is 24.3 Å². The highest BCUT2D eigenvalue weighted by Gasteiger charge is 2.38. The molecule has 1 aromatic heterocycles. The Morgan fingerprint density at radius 3 is 2.36 bits per heavy atom. The number of primary amides is 1. The Kier molecular flexibility index (Phi) is 5.36. The van der Waals surface area contributed by atoms with Gasteiger partial charge in [-0.25, -0.2) is 17.2 Å². The number of amides is 1. The van der Waals surface area contributed by atoms with Gasteiger partial charge in [0.1, 0.15) is 22.9 Å². The van der Waals surface area contributed by atoms with Gasteiger partial charge in [0.2, 0.25) is 9.84 Å². The summed E-state index contributed by atoms with van der Waals surface area (Å²) in [5.74, 6) is -3.30. The number of carbonyl (C=O) groups excluding carboxylic acids is 1. The molecule has 4 aromatic rings. The molecule has 36 heavy (non-hydrogen) atoms. The third-order valence-electron chi connectivity index (χ3n) is 5.86. The van der Waals surface area contributed by atoms with Gasteiger partial charge in [0.15, 0.2) is 4.91 Å². The van der Waals surface area contributed by atoms with Gasteiger partial charge in [-0.05, 0) is 48.0 Å². The summed E-state index contributed by atoms with van der Waals surface area (Å²) in [6, 6.07) is 14.3. The maximum Gasteiger partial charge on any atom is 0.264 e. The van der Waals surface area contributed by atoms with Crippen LogP contribution < -0.4 is 16.6 Å². The molecular weight excluding hydrogens is 492 g/mol. The summed E-state index contributed by atoms with van der Waals surface area (Å²) in [6.45, 7) is -0.128. The van der Waals surface area contributed by atoms with Crippen molar-refractivity contribution in [2.45, 2.75) is 11.4 Å². The third kappa shape index (κ3) is 3.60. The van der Waals surface area contributed by atoms with Crippen LogP contribution in [0.3, 0.4) is 0 Å². The van der Waals surface area contributed by atoms with Crippen LogP contribution in [0.25, 0.3) is 16.6 Å². The van der Waals surface area contributed by atoms with E-state index in [1.165, 1.54) is 54.6 Å². The molecule has 0 saturated carbocycles. The van der Waals surface area contributed by atoms with E-state index in [2.05, 4.69) is 5.32 Å². The van der Waals surface area contributed by atoms with Crippen LogP contribution in [0.1, 0.15) is 11.1 Å². The molecular formula is C25H17F2N3O5S. The quantitative estimate of drug-likeness (QED) is 0.388. The fourth-order valence-electron chi connectivity index (χ4n) is 4.24. The van der Waals surface area contributed by atoms with E-state index in [1.807, 2.05) is 0 Å². The Bertz CT molecular complexity index is 1780. The van der Waals surface area contributed by atoms with Crippen molar-refractivity contribution in [1.82, 2.24) is 4.57 Å². The molecule has 3 aromatic carbocycles. The highest BCUT2D eigenvalue weighted by Crippen LogP contribution is 2.40. The van der Waals surface area contributed by atoms with Gasteiger partial charge >= 0.3 is 0 Å². The summed E-state index contributed by atoms with van der Waals surface area (Å²) >= 11 is 0. The zero-order valence-corrected chi connectivity index (χ0v) is 19.1. The fraction of sp³-hybridized carbons (Fsp3) is 0.0400. The number of anilines is 1. The average Bonchev–Trinajstić information content (AvgIpc) is 2.82. The SMILES string of the molecule is NC(=O)C1=C(c2c(O)c3cc(F)ccc3n(Cc3ccc(F)cc3)c2=O)Nc2ccccc2S1(=O)=O. The summed E-state index contributed by atoms with van der Waals surface area (Å²) in [5, 5.41) is 13.7. The highest BCUT2D eigenvalue weighted by atomic mass is 32.2. The number of nitrogens with two attached hydrogens (primary N) is 1. The number of aromatic hydroxyl groups is 1. The zero-order chi connectivity index (χ0) is 25.8. The summed E-state index contributed by atoms with van der Waals surface area (Å²) in [5.41, 5.74) is 4.14. The Hall–Kier alpha value is -4.51. The normalized spacial score (nSPS) is 14.4. The number of fused-ring (bicyclic) bond motifs is 2. The fourth-order valence-corrected chi connectivity index (χ4v) is 5.81. The number of nitrogens with one attached hydrogen (secondary N) is 1. The average molecular weight is 509 g/mol. The molecule has 2 heterocycles. The molecule has 182 valence electrons. The van der Waals surface area contributed by atoms with Crippen molar-refractivity contribution in [2.75, 3.05) is 5.32 Å². The molecule has 0 radical (unpaired) electrons. The van der Waals surface area contributed by atoms with Crippen LogP contribution in [0, 0.1) is 11.6 Å². The molecule has 0 saturated heterocycles. The summed E-state index contributed by atoms with van der Waals surface area (Å²) < 4.78 is 55.3. The number of hydrogen-bond donors (Lipinski definition) is 3. The number of para-hydroxylation sites is 1. The standard InChI is InChI=1S/C25H17F2N3O5S/c26-14-7-5-13(6-8-14)12-30-18-10-9-15(27)11-16(18)22(31)20(25(30)33)21-23(24(28)32)36(34,35)19-4-2-1-3-17(19)29-21/h1-11,29,31H,12H2,(H2,28,32). The topological polar surface area (TPSA) is 131 Å². The predicted molar refractivity (Wildman–Crippen MR) is 129 cm³/mol. The van der Waals surface area contributed by atoms with E-state index in [0.717, 1.165) is 16.7 Å². The molecule has 1 aliphatic rings. The number of sulfone groups is 1. The van der Waals surface area contributed by atoms with E-state index in [0.29, 0.717) is 5.56 Å². The number of hydrogen-bond acceptors (Lipinski definition) is 6. The molecule has 4 N–H and O–H groups in total. The number of benzene rings is 3. The van der Waals surface area contributed by atoms with Gasteiger partial charge < -0.3 is 20.7 Å². The summed E-state index contributed by atoms with van der Waals surface area (Å²) in [7, 11) is -4.48. The van der Waals surface area contributed by atoms with Gasteiger partial charge in [0, 0.05) is 5.39 Å². The molecule has 1 amide bonds. The molecule has 0 spiro atoms. The zero-order valence-electron chi connectivity index (χ0n) is 18.3. The first-order valence-corrected chi connectivity index (χ1v) is 12.0. The Labute approximate surface area is 202 Å². The van der Waals surface area contributed by atoms with Crippen molar-refractivity contribution in [3.05, 3.63) is 105 Å². The second-order valence-corrected chi connectivity index (χ2v) is 9.95. The Morgan fingerprint density at radius 2 is 1.67 bits per heavy atom. The van der Waals surface area contributed by atoms with E-state index in [4.69, 9.17) is 5.73 Å². The molecule has 5 rings (SSSR count).